The second-order valence-electron chi connectivity index (χ2n) is 7.84. The summed E-state index contributed by atoms with van der Waals surface area (Å²) in [6.45, 7) is 4.35. The number of aromatic nitrogens is 1. The second kappa shape index (κ2) is 8.74. The SMILES string of the molecule is COc1cccc(-c2cccc(C3CCCN(C(=O)CN4CCCC4)C3)n2)c1. The number of piperidine rings is 1. The van der Waals surface area contributed by atoms with Gasteiger partial charge >= 0.3 is 0 Å². The number of rotatable bonds is 5. The lowest BCUT2D eigenvalue weighted by molar-refractivity contribution is -0.133. The highest BCUT2D eigenvalue weighted by Crippen LogP contribution is 2.29. The molecule has 5 nitrogen and oxygen atoms in total. The molecule has 0 bridgehead atoms. The number of carbonyl (C=O) groups is 1. The van der Waals surface area contributed by atoms with Crippen molar-refractivity contribution in [2.75, 3.05) is 39.8 Å². The van der Waals surface area contributed by atoms with E-state index in [1.165, 1.54) is 12.8 Å². The van der Waals surface area contributed by atoms with Gasteiger partial charge in [0.05, 0.1) is 19.3 Å². The van der Waals surface area contributed by atoms with E-state index < -0.39 is 0 Å². The van der Waals surface area contributed by atoms with Crippen LogP contribution in [0, 0.1) is 0 Å². The number of carbonyl (C=O) groups excluding carboxylic acids is 1. The first kappa shape index (κ1) is 18.9. The number of amides is 1. The molecule has 1 atom stereocenters. The molecule has 0 saturated carbocycles. The number of hydrogen-bond acceptors (Lipinski definition) is 4. The molecule has 3 heterocycles. The second-order valence-corrected chi connectivity index (χ2v) is 7.84. The molecule has 0 radical (unpaired) electrons. The van der Waals surface area contributed by atoms with Crippen LogP contribution in [0.5, 0.6) is 5.75 Å². The van der Waals surface area contributed by atoms with Crippen molar-refractivity contribution in [3.8, 4) is 17.0 Å². The van der Waals surface area contributed by atoms with Crippen molar-refractivity contribution in [1.29, 1.82) is 0 Å². The Morgan fingerprint density at radius 3 is 2.75 bits per heavy atom. The molecular weight excluding hydrogens is 350 g/mol. The first-order chi connectivity index (χ1) is 13.7. The molecule has 2 fully saturated rings. The molecule has 4 rings (SSSR count). The van der Waals surface area contributed by atoms with Crippen LogP contribution in [0.4, 0.5) is 0 Å². The Hall–Kier alpha value is -2.40. The number of benzene rings is 1. The molecule has 0 spiro atoms. The fourth-order valence-electron chi connectivity index (χ4n) is 4.30. The zero-order valence-corrected chi connectivity index (χ0v) is 16.6. The third-order valence-corrected chi connectivity index (χ3v) is 5.89. The van der Waals surface area contributed by atoms with E-state index in [1.807, 2.05) is 29.2 Å². The minimum absolute atomic E-state index is 0.274. The largest absolute Gasteiger partial charge is 0.497 e. The molecule has 2 aromatic rings. The maximum absolute atomic E-state index is 12.7. The summed E-state index contributed by atoms with van der Waals surface area (Å²) in [5.41, 5.74) is 3.09. The molecule has 1 aromatic heterocycles. The Bertz CT molecular complexity index is 817. The fraction of sp³-hybridized carbons (Fsp3) is 0.478. The lowest BCUT2D eigenvalue weighted by Crippen LogP contribution is -2.44. The van der Waals surface area contributed by atoms with Gasteiger partial charge in [0.1, 0.15) is 5.75 Å². The number of hydrogen-bond donors (Lipinski definition) is 0. The van der Waals surface area contributed by atoms with Crippen molar-refractivity contribution < 1.29 is 9.53 Å². The van der Waals surface area contributed by atoms with Gasteiger partial charge in [0, 0.05) is 30.3 Å². The summed E-state index contributed by atoms with van der Waals surface area (Å²) >= 11 is 0. The molecule has 1 aromatic carbocycles. The predicted octanol–water partition coefficient (Wildman–Crippen LogP) is 3.56. The van der Waals surface area contributed by atoms with Gasteiger partial charge in [-0.2, -0.15) is 0 Å². The number of pyridine rings is 1. The molecule has 1 amide bonds. The summed E-state index contributed by atoms with van der Waals surface area (Å²) in [7, 11) is 1.68. The third kappa shape index (κ3) is 4.36. The highest BCUT2D eigenvalue weighted by molar-refractivity contribution is 5.78. The summed E-state index contributed by atoms with van der Waals surface area (Å²) in [6, 6.07) is 14.2. The van der Waals surface area contributed by atoms with Gasteiger partial charge in [0.2, 0.25) is 5.91 Å². The van der Waals surface area contributed by atoms with Crippen molar-refractivity contribution in [3.05, 3.63) is 48.2 Å². The molecule has 2 aliphatic heterocycles. The first-order valence-corrected chi connectivity index (χ1v) is 10.3. The number of methoxy groups -OCH3 is 1. The monoisotopic (exact) mass is 379 g/mol. The summed E-state index contributed by atoms with van der Waals surface area (Å²) in [4.78, 5) is 22.0. The van der Waals surface area contributed by atoms with Crippen LogP contribution < -0.4 is 4.74 Å². The summed E-state index contributed by atoms with van der Waals surface area (Å²) < 4.78 is 5.34. The number of likely N-dealkylation sites (tertiary alicyclic amines) is 2. The highest BCUT2D eigenvalue weighted by atomic mass is 16.5. The third-order valence-electron chi connectivity index (χ3n) is 5.89. The molecule has 28 heavy (non-hydrogen) atoms. The molecular formula is C23H29N3O2. The number of ether oxygens (including phenoxy) is 1. The van der Waals surface area contributed by atoms with Crippen molar-refractivity contribution in [2.24, 2.45) is 0 Å². The number of nitrogens with zero attached hydrogens (tertiary/aromatic N) is 3. The Kier molecular flexibility index (Phi) is 5.91. The lowest BCUT2D eigenvalue weighted by atomic mass is 9.93. The molecule has 0 aliphatic carbocycles. The summed E-state index contributed by atoms with van der Waals surface area (Å²) in [5, 5.41) is 0. The predicted molar refractivity (Wildman–Crippen MR) is 110 cm³/mol. The minimum Gasteiger partial charge on any atom is -0.497 e. The topological polar surface area (TPSA) is 45.7 Å². The van der Waals surface area contributed by atoms with E-state index >= 15 is 0 Å². The van der Waals surface area contributed by atoms with Gasteiger partial charge in [-0.1, -0.05) is 18.2 Å². The standard InChI is InChI=1S/C23H29N3O2/c1-28-20-9-4-7-18(15-20)21-10-5-11-22(24-21)19-8-6-14-26(16-19)23(27)17-25-12-2-3-13-25/h4-5,7,9-11,15,19H,2-3,6,8,12-14,16-17H2,1H3. The Morgan fingerprint density at radius 1 is 1.11 bits per heavy atom. The van der Waals surface area contributed by atoms with Crippen molar-refractivity contribution >= 4 is 5.91 Å². The summed E-state index contributed by atoms with van der Waals surface area (Å²) in [6.07, 6.45) is 4.57. The van der Waals surface area contributed by atoms with Crippen LogP contribution in [0.25, 0.3) is 11.3 Å². The van der Waals surface area contributed by atoms with Gasteiger partial charge in [0.15, 0.2) is 0 Å². The van der Waals surface area contributed by atoms with Crippen molar-refractivity contribution in [1.82, 2.24) is 14.8 Å². The van der Waals surface area contributed by atoms with Crippen molar-refractivity contribution in [2.45, 2.75) is 31.6 Å². The van der Waals surface area contributed by atoms with Crippen LogP contribution in [0.3, 0.4) is 0 Å². The van der Waals surface area contributed by atoms with Crippen LogP contribution >= 0.6 is 0 Å². The molecule has 1 unspecified atom stereocenters. The van der Waals surface area contributed by atoms with E-state index in [1.54, 1.807) is 7.11 Å². The lowest BCUT2D eigenvalue weighted by Gasteiger charge is -2.33. The quantitative estimate of drug-likeness (QED) is 0.797. The average molecular weight is 380 g/mol. The Labute approximate surface area is 167 Å². The highest BCUT2D eigenvalue weighted by Gasteiger charge is 2.27. The smallest absolute Gasteiger partial charge is 0.236 e. The van der Waals surface area contributed by atoms with E-state index in [-0.39, 0.29) is 5.91 Å². The minimum atomic E-state index is 0.274. The van der Waals surface area contributed by atoms with Crippen molar-refractivity contribution in [3.63, 3.8) is 0 Å². The van der Waals surface area contributed by atoms with Crippen LogP contribution in [0.1, 0.15) is 37.3 Å². The van der Waals surface area contributed by atoms with Crippen LogP contribution in [-0.4, -0.2) is 60.5 Å². The normalized spacial score (nSPS) is 20.3. The van der Waals surface area contributed by atoms with E-state index in [0.29, 0.717) is 12.5 Å². The van der Waals surface area contributed by atoms with Crippen LogP contribution in [-0.2, 0) is 4.79 Å². The van der Waals surface area contributed by atoms with Crippen LogP contribution in [0.15, 0.2) is 42.5 Å². The maximum atomic E-state index is 12.7. The average Bonchev–Trinajstić information content (AvgIpc) is 3.27. The Morgan fingerprint density at radius 2 is 1.93 bits per heavy atom. The van der Waals surface area contributed by atoms with E-state index in [2.05, 4.69) is 23.1 Å². The van der Waals surface area contributed by atoms with Gasteiger partial charge in [-0.25, -0.2) is 0 Å². The molecule has 148 valence electrons. The van der Waals surface area contributed by atoms with E-state index in [4.69, 9.17) is 9.72 Å². The van der Waals surface area contributed by atoms with Gasteiger partial charge in [0.25, 0.3) is 0 Å². The molecule has 2 saturated heterocycles. The van der Waals surface area contributed by atoms with E-state index in [0.717, 1.165) is 61.7 Å². The fourth-order valence-corrected chi connectivity index (χ4v) is 4.30. The molecule has 5 heteroatoms. The molecule has 2 aliphatic rings. The zero-order valence-electron chi connectivity index (χ0n) is 16.6. The first-order valence-electron chi connectivity index (χ1n) is 10.3. The van der Waals surface area contributed by atoms with Gasteiger partial charge < -0.3 is 9.64 Å². The zero-order chi connectivity index (χ0) is 19.3. The van der Waals surface area contributed by atoms with Gasteiger partial charge in [-0.3, -0.25) is 14.7 Å². The molecule has 0 N–H and O–H groups in total. The van der Waals surface area contributed by atoms with Gasteiger partial charge in [-0.15, -0.1) is 0 Å². The van der Waals surface area contributed by atoms with E-state index in [9.17, 15) is 4.79 Å². The Balaban J connectivity index is 1.46. The van der Waals surface area contributed by atoms with Crippen LogP contribution in [0.2, 0.25) is 0 Å². The summed E-state index contributed by atoms with van der Waals surface area (Å²) in [5.74, 6) is 1.42. The maximum Gasteiger partial charge on any atom is 0.236 e. The van der Waals surface area contributed by atoms with Gasteiger partial charge in [-0.05, 0) is 63.0 Å².